The summed E-state index contributed by atoms with van der Waals surface area (Å²) >= 11 is 0. The zero-order chi connectivity index (χ0) is 18.2. The topological polar surface area (TPSA) is 61.2 Å². The number of nitriles is 1. The van der Waals surface area contributed by atoms with Crippen LogP contribution in [-0.4, -0.2) is 36.1 Å². The van der Waals surface area contributed by atoms with Crippen LogP contribution >= 0.6 is 0 Å². The third kappa shape index (κ3) is 2.64. The Morgan fingerprint density at radius 3 is 2.60 bits per heavy atom. The first-order valence-corrected chi connectivity index (χ1v) is 8.22. The Morgan fingerprint density at radius 1 is 1.32 bits per heavy atom. The predicted molar refractivity (Wildman–Crippen MR) is 86.7 cm³/mol. The zero-order valence-electron chi connectivity index (χ0n) is 13.8. The summed E-state index contributed by atoms with van der Waals surface area (Å²) in [5.41, 5.74) is -0.678. The number of rotatable bonds is 3. The first-order valence-electron chi connectivity index (χ1n) is 8.22. The minimum absolute atomic E-state index is 0.0696. The lowest BCUT2D eigenvalue weighted by Crippen LogP contribution is -2.60. The quantitative estimate of drug-likeness (QED) is 0.847. The van der Waals surface area contributed by atoms with Gasteiger partial charge in [0.15, 0.2) is 5.78 Å². The van der Waals surface area contributed by atoms with Crippen molar-refractivity contribution in [1.29, 1.82) is 5.26 Å². The van der Waals surface area contributed by atoms with E-state index in [4.69, 9.17) is 0 Å². The molecule has 1 aromatic carbocycles. The molecule has 0 radical (unpaired) electrons. The number of benzene rings is 1. The smallest absolute Gasteiger partial charge is 0.255 e. The molecule has 1 aliphatic carbocycles. The van der Waals surface area contributed by atoms with E-state index >= 15 is 0 Å². The highest BCUT2D eigenvalue weighted by Crippen LogP contribution is 2.49. The van der Waals surface area contributed by atoms with E-state index in [1.807, 2.05) is 6.07 Å². The number of hydrogen-bond donors (Lipinski definition) is 0. The first-order chi connectivity index (χ1) is 11.9. The molecule has 25 heavy (non-hydrogen) atoms. The molecule has 1 heterocycles. The molecule has 1 fully saturated rings. The second-order valence-corrected chi connectivity index (χ2v) is 6.60. The Morgan fingerprint density at radius 2 is 2.00 bits per heavy atom. The van der Waals surface area contributed by atoms with Crippen LogP contribution in [0.25, 0.3) is 0 Å². The number of likely N-dealkylation sites (tertiary alicyclic amines) is 1. The van der Waals surface area contributed by atoms with Crippen LogP contribution in [0, 0.1) is 23.2 Å². The van der Waals surface area contributed by atoms with E-state index in [9.17, 15) is 23.6 Å². The van der Waals surface area contributed by atoms with Crippen molar-refractivity contribution >= 4 is 11.7 Å². The van der Waals surface area contributed by atoms with Gasteiger partial charge in [0.05, 0.1) is 17.5 Å². The Balaban J connectivity index is 2.21. The second-order valence-electron chi connectivity index (χ2n) is 6.60. The lowest BCUT2D eigenvalue weighted by Gasteiger charge is -2.49. The van der Waals surface area contributed by atoms with E-state index in [1.54, 1.807) is 37.3 Å². The van der Waals surface area contributed by atoms with Gasteiger partial charge >= 0.3 is 0 Å². The molecular weight excluding hydrogens is 326 g/mol. The van der Waals surface area contributed by atoms with E-state index in [0.29, 0.717) is 12.0 Å². The highest BCUT2D eigenvalue weighted by molar-refractivity contribution is 6.06. The maximum absolute atomic E-state index is 13.3. The van der Waals surface area contributed by atoms with Gasteiger partial charge in [-0.1, -0.05) is 37.3 Å². The van der Waals surface area contributed by atoms with Crippen LogP contribution in [0.3, 0.4) is 0 Å². The number of alkyl halides is 2. The van der Waals surface area contributed by atoms with E-state index in [-0.39, 0.29) is 23.8 Å². The van der Waals surface area contributed by atoms with Gasteiger partial charge in [0, 0.05) is 12.5 Å². The first kappa shape index (κ1) is 17.3. The maximum atomic E-state index is 13.3. The second kappa shape index (κ2) is 6.40. The lowest BCUT2D eigenvalue weighted by atomic mass is 9.57. The fourth-order valence-corrected chi connectivity index (χ4v) is 4.15. The fraction of sp³-hybridized carbons (Fsp3) is 0.421. The van der Waals surface area contributed by atoms with Crippen LogP contribution in [-0.2, 0) is 15.0 Å². The maximum Gasteiger partial charge on any atom is 0.255 e. The highest BCUT2D eigenvalue weighted by atomic mass is 19.3. The van der Waals surface area contributed by atoms with Crippen LogP contribution in [0.15, 0.2) is 42.0 Å². The van der Waals surface area contributed by atoms with Crippen LogP contribution in [0.4, 0.5) is 8.78 Å². The summed E-state index contributed by atoms with van der Waals surface area (Å²) < 4.78 is 25.8. The third-order valence-electron chi connectivity index (χ3n) is 5.32. The van der Waals surface area contributed by atoms with Crippen molar-refractivity contribution in [2.24, 2.45) is 11.8 Å². The Bertz CT molecular complexity index is 769. The van der Waals surface area contributed by atoms with Crippen molar-refractivity contribution in [3.8, 4) is 6.07 Å². The molecule has 0 bridgehead atoms. The number of fused-ring (bicyclic) bond motifs is 1. The zero-order valence-corrected chi connectivity index (χ0v) is 13.8. The van der Waals surface area contributed by atoms with Gasteiger partial charge in [0.2, 0.25) is 5.91 Å². The molecule has 3 atom stereocenters. The Hall–Kier alpha value is -2.55. The molecule has 6 heteroatoms. The molecule has 1 aliphatic heterocycles. The summed E-state index contributed by atoms with van der Waals surface area (Å²) in [7, 11) is 0. The Labute approximate surface area is 144 Å². The van der Waals surface area contributed by atoms with Crippen molar-refractivity contribution in [2.75, 3.05) is 13.1 Å². The van der Waals surface area contributed by atoms with Gasteiger partial charge in [-0.3, -0.25) is 9.59 Å². The summed E-state index contributed by atoms with van der Waals surface area (Å²) in [6.07, 6.45) is -0.777. The van der Waals surface area contributed by atoms with Crippen LogP contribution < -0.4 is 0 Å². The number of Topliss-reactive ketones (excluding diaryl/α,β-unsaturated/α-hetero) is 1. The van der Waals surface area contributed by atoms with E-state index < -0.39 is 30.2 Å². The molecule has 130 valence electrons. The molecule has 0 spiro atoms. The number of amides is 1. The van der Waals surface area contributed by atoms with E-state index in [2.05, 4.69) is 0 Å². The molecule has 4 nitrogen and oxygen atoms in total. The predicted octanol–water partition coefficient (Wildman–Crippen LogP) is 2.71. The molecule has 2 aliphatic rings. The summed E-state index contributed by atoms with van der Waals surface area (Å²) in [4.78, 5) is 26.8. The van der Waals surface area contributed by atoms with Crippen molar-refractivity contribution in [1.82, 2.24) is 4.90 Å². The molecule has 0 unspecified atom stereocenters. The van der Waals surface area contributed by atoms with Crippen molar-refractivity contribution in [3.63, 3.8) is 0 Å². The van der Waals surface area contributed by atoms with Gasteiger partial charge in [-0.05, 0) is 24.0 Å². The van der Waals surface area contributed by atoms with Crippen molar-refractivity contribution in [3.05, 3.63) is 47.5 Å². The SMILES string of the molecule is C[C@@H]1C(=O)C(C#N)=C[C@]2(c3ccccc3)C(=O)N(CC(F)F)CC[C@@H]12. The fourth-order valence-electron chi connectivity index (χ4n) is 4.15. The number of ketones is 1. The minimum atomic E-state index is -2.63. The molecular formula is C19H18F2N2O2. The molecule has 0 aromatic heterocycles. The number of allylic oxidation sites excluding steroid dienone is 1. The average molecular weight is 344 g/mol. The van der Waals surface area contributed by atoms with E-state index in [0.717, 1.165) is 4.90 Å². The van der Waals surface area contributed by atoms with Crippen molar-refractivity contribution in [2.45, 2.75) is 25.2 Å². The highest BCUT2D eigenvalue weighted by Gasteiger charge is 2.56. The summed E-state index contributed by atoms with van der Waals surface area (Å²) in [6, 6.07) is 10.7. The minimum Gasteiger partial charge on any atom is -0.336 e. The number of nitrogens with zero attached hydrogens (tertiary/aromatic N) is 2. The van der Waals surface area contributed by atoms with Crippen LogP contribution in [0.2, 0.25) is 0 Å². The van der Waals surface area contributed by atoms with Crippen LogP contribution in [0.1, 0.15) is 18.9 Å². The number of carbonyl (C=O) groups excluding carboxylic acids is 2. The summed E-state index contributed by atoms with van der Waals surface area (Å²) in [6.45, 7) is 1.26. The molecule has 1 amide bonds. The molecule has 0 saturated carbocycles. The Kier molecular flexibility index (Phi) is 4.42. The molecule has 1 aromatic rings. The normalized spacial score (nSPS) is 29.2. The van der Waals surface area contributed by atoms with Gasteiger partial charge in [-0.15, -0.1) is 0 Å². The standard InChI is InChI=1S/C19H18F2N2O2/c1-12-15-7-8-23(11-16(20)21)18(25)19(15,9-13(10-22)17(12)24)14-5-3-2-4-6-14/h2-6,9,12,15-16H,7-8,11H2,1H3/t12-,15-,19+/m0/s1. The van der Waals surface area contributed by atoms with Gasteiger partial charge in [0.25, 0.3) is 6.43 Å². The number of halogens is 2. The number of carbonyl (C=O) groups is 2. The van der Waals surface area contributed by atoms with Gasteiger partial charge in [-0.2, -0.15) is 5.26 Å². The molecule has 0 N–H and O–H groups in total. The molecule has 3 rings (SSSR count). The van der Waals surface area contributed by atoms with Gasteiger partial charge < -0.3 is 4.90 Å². The molecule has 1 saturated heterocycles. The average Bonchev–Trinajstić information content (AvgIpc) is 2.61. The summed E-state index contributed by atoms with van der Waals surface area (Å²) in [5, 5.41) is 9.34. The largest absolute Gasteiger partial charge is 0.336 e. The van der Waals surface area contributed by atoms with E-state index in [1.165, 1.54) is 6.08 Å². The third-order valence-corrected chi connectivity index (χ3v) is 5.32. The van der Waals surface area contributed by atoms with Gasteiger partial charge in [0.1, 0.15) is 6.07 Å². The number of hydrogen-bond acceptors (Lipinski definition) is 3. The summed E-state index contributed by atoms with van der Waals surface area (Å²) in [5.74, 6) is -1.60. The van der Waals surface area contributed by atoms with Crippen molar-refractivity contribution < 1.29 is 18.4 Å². The number of piperidine rings is 1. The lowest BCUT2D eigenvalue weighted by molar-refractivity contribution is -0.146. The van der Waals surface area contributed by atoms with Gasteiger partial charge in [-0.25, -0.2) is 8.78 Å². The van der Waals surface area contributed by atoms with Crippen LogP contribution in [0.5, 0.6) is 0 Å². The monoisotopic (exact) mass is 344 g/mol.